The van der Waals surface area contributed by atoms with E-state index in [1.807, 2.05) is 24.3 Å². The van der Waals surface area contributed by atoms with E-state index in [0.29, 0.717) is 30.0 Å². The number of hydrogen-bond acceptors (Lipinski definition) is 4. The van der Waals surface area contributed by atoms with E-state index >= 15 is 0 Å². The molecule has 0 saturated heterocycles. The maximum atomic E-state index is 13.3. The molecule has 1 fully saturated rings. The van der Waals surface area contributed by atoms with Crippen molar-refractivity contribution in [1.29, 1.82) is 0 Å². The van der Waals surface area contributed by atoms with Gasteiger partial charge in [0.05, 0.1) is 17.4 Å². The van der Waals surface area contributed by atoms with Gasteiger partial charge in [-0.15, -0.1) is 0 Å². The molecule has 2 aromatic carbocycles. The number of benzene rings is 2. The molecule has 1 heterocycles. The molecule has 1 aliphatic rings. The molecule has 0 bridgehead atoms. The second-order valence-corrected chi connectivity index (χ2v) is 6.55. The molecule has 1 atom stereocenters. The third-order valence-electron chi connectivity index (χ3n) is 4.76. The van der Waals surface area contributed by atoms with Crippen LogP contribution < -0.4 is 16.6 Å². The highest BCUT2D eigenvalue weighted by molar-refractivity contribution is 5.88. The lowest BCUT2D eigenvalue weighted by Gasteiger charge is -2.19. The van der Waals surface area contributed by atoms with Gasteiger partial charge in [-0.2, -0.15) is 0 Å². The molecule has 1 aromatic heterocycles. The molecule has 4 rings (SSSR count). The van der Waals surface area contributed by atoms with Crippen molar-refractivity contribution in [2.24, 2.45) is 0 Å². The zero-order valence-electron chi connectivity index (χ0n) is 14.7. The van der Waals surface area contributed by atoms with Crippen LogP contribution >= 0.6 is 0 Å². The highest BCUT2D eigenvalue weighted by atomic mass is 16.2. The van der Waals surface area contributed by atoms with Gasteiger partial charge < -0.3 is 5.32 Å². The van der Waals surface area contributed by atoms with Crippen molar-refractivity contribution < 1.29 is 4.79 Å². The van der Waals surface area contributed by atoms with E-state index in [0.717, 1.165) is 11.0 Å². The van der Waals surface area contributed by atoms with Crippen LogP contribution in [0, 0.1) is 0 Å². The van der Waals surface area contributed by atoms with E-state index in [1.165, 1.54) is 10.6 Å². The smallest absolute Gasteiger partial charge is 0.341 e. The summed E-state index contributed by atoms with van der Waals surface area (Å²) in [6, 6.07) is 18.9. The normalized spacial score (nSPS) is 16.4. The van der Waals surface area contributed by atoms with Gasteiger partial charge in [0, 0.05) is 12.5 Å². The third-order valence-corrected chi connectivity index (χ3v) is 4.76. The molecule has 0 spiro atoms. The van der Waals surface area contributed by atoms with Gasteiger partial charge in [0.2, 0.25) is 0 Å². The number of nitrogens with one attached hydrogen (secondary N) is 1. The van der Waals surface area contributed by atoms with Crippen LogP contribution in [-0.2, 0) is 4.79 Å². The van der Waals surface area contributed by atoms with Gasteiger partial charge in [0.15, 0.2) is 5.78 Å². The fourth-order valence-electron chi connectivity index (χ4n) is 3.44. The molecule has 6 nitrogen and oxygen atoms in total. The van der Waals surface area contributed by atoms with E-state index in [9.17, 15) is 14.4 Å². The van der Waals surface area contributed by atoms with Crippen molar-refractivity contribution in [1.82, 2.24) is 9.13 Å². The average molecular weight is 361 g/mol. The molecule has 3 aromatic rings. The predicted octanol–water partition coefficient (Wildman–Crippen LogP) is 2.52. The van der Waals surface area contributed by atoms with Crippen LogP contribution in [0.4, 0.5) is 5.82 Å². The van der Waals surface area contributed by atoms with Gasteiger partial charge in [-0.3, -0.25) is 9.59 Å². The summed E-state index contributed by atoms with van der Waals surface area (Å²) in [4.78, 5) is 38.0. The van der Waals surface area contributed by atoms with Crippen molar-refractivity contribution in [2.75, 3.05) is 5.32 Å². The van der Waals surface area contributed by atoms with Gasteiger partial charge >= 0.3 is 5.69 Å². The van der Waals surface area contributed by atoms with Gasteiger partial charge in [0.1, 0.15) is 5.82 Å². The predicted molar refractivity (Wildman–Crippen MR) is 104 cm³/mol. The lowest BCUT2D eigenvalue weighted by Crippen LogP contribution is -2.40. The number of carbonyl (C=O) groups excluding carboxylic acids is 1. The fourth-order valence-corrected chi connectivity index (χ4v) is 3.44. The first kappa shape index (κ1) is 17.0. The second-order valence-electron chi connectivity index (χ2n) is 6.55. The fraction of sp³-hybridized carbons (Fsp3) is 0.190. The number of Topliss-reactive ketones (excluding diaryl/α,β-unsaturated/α-hetero) is 1. The van der Waals surface area contributed by atoms with Crippen LogP contribution in [0.25, 0.3) is 11.4 Å². The van der Waals surface area contributed by atoms with Crippen molar-refractivity contribution in [3.05, 3.63) is 87.6 Å². The summed E-state index contributed by atoms with van der Waals surface area (Å²) in [6.07, 6.45) is 2.03. The zero-order chi connectivity index (χ0) is 18.8. The number of anilines is 1. The first-order valence-corrected chi connectivity index (χ1v) is 8.94. The molecule has 27 heavy (non-hydrogen) atoms. The molecular formula is C21H19N3O3. The molecule has 0 radical (unpaired) electrons. The summed E-state index contributed by atoms with van der Waals surface area (Å²) >= 11 is 0. The SMILES string of the molecule is O=C1CCCC1Nc1cc(=O)n(-c2ccccc2)c(=O)n1-c1ccccc1. The molecule has 1 saturated carbocycles. The minimum atomic E-state index is -0.479. The van der Waals surface area contributed by atoms with E-state index in [2.05, 4.69) is 5.32 Å². The lowest BCUT2D eigenvalue weighted by molar-refractivity contribution is -0.118. The van der Waals surface area contributed by atoms with Gasteiger partial charge in [-0.1, -0.05) is 36.4 Å². The van der Waals surface area contributed by atoms with Crippen molar-refractivity contribution in [2.45, 2.75) is 25.3 Å². The van der Waals surface area contributed by atoms with Gasteiger partial charge in [-0.05, 0) is 37.1 Å². The number of ketones is 1. The van der Waals surface area contributed by atoms with Crippen molar-refractivity contribution in [3.63, 3.8) is 0 Å². The molecule has 1 N–H and O–H groups in total. The Labute approximate surface area is 155 Å². The van der Waals surface area contributed by atoms with E-state index in [1.54, 1.807) is 36.4 Å². The Kier molecular flexibility index (Phi) is 4.46. The Morgan fingerprint density at radius 1 is 0.815 bits per heavy atom. The third kappa shape index (κ3) is 3.21. The van der Waals surface area contributed by atoms with E-state index < -0.39 is 11.2 Å². The molecule has 136 valence electrons. The van der Waals surface area contributed by atoms with Crippen molar-refractivity contribution in [3.8, 4) is 11.4 Å². The number of carbonyl (C=O) groups is 1. The first-order chi connectivity index (χ1) is 13.1. The molecule has 1 aliphatic carbocycles. The van der Waals surface area contributed by atoms with Crippen LogP contribution in [0.1, 0.15) is 19.3 Å². The number of nitrogens with zero attached hydrogens (tertiary/aromatic N) is 2. The maximum Gasteiger partial charge on any atom is 0.341 e. The summed E-state index contributed by atoms with van der Waals surface area (Å²) in [5.41, 5.74) is 0.208. The largest absolute Gasteiger partial charge is 0.361 e. The minimum Gasteiger partial charge on any atom is -0.361 e. The quantitative estimate of drug-likeness (QED) is 0.775. The Balaban J connectivity index is 1.93. The van der Waals surface area contributed by atoms with E-state index in [-0.39, 0.29) is 11.8 Å². The number of para-hydroxylation sites is 2. The van der Waals surface area contributed by atoms with Gasteiger partial charge in [-0.25, -0.2) is 13.9 Å². The number of rotatable bonds is 4. The molecule has 0 aliphatic heterocycles. The van der Waals surface area contributed by atoms with Crippen LogP contribution in [0.5, 0.6) is 0 Å². The maximum absolute atomic E-state index is 13.3. The summed E-state index contributed by atoms with van der Waals surface area (Å²) in [6.45, 7) is 0. The Hall–Kier alpha value is -3.41. The molecule has 0 amide bonds. The summed E-state index contributed by atoms with van der Waals surface area (Å²) in [5, 5.41) is 3.12. The molecular weight excluding hydrogens is 342 g/mol. The van der Waals surface area contributed by atoms with E-state index in [4.69, 9.17) is 0 Å². The number of aromatic nitrogens is 2. The Morgan fingerprint density at radius 2 is 1.41 bits per heavy atom. The highest BCUT2D eigenvalue weighted by Gasteiger charge is 2.26. The lowest BCUT2D eigenvalue weighted by atomic mass is 10.2. The number of hydrogen-bond donors (Lipinski definition) is 1. The van der Waals surface area contributed by atoms with Gasteiger partial charge in [0.25, 0.3) is 5.56 Å². The first-order valence-electron chi connectivity index (χ1n) is 8.94. The monoisotopic (exact) mass is 361 g/mol. The highest BCUT2D eigenvalue weighted by Crippen LogP contribution is 2.20. The topological polar surface area (TPSA) is 73.1 Å². The van der Waals surface area contributed by atoms with Crippen LogP contribution in [0.2, 0.25) is 0 Å². The molecule has 6 heteroatoms. The Morgan fingerprint density at radius 3 is 1.96 bits per heavy atom. The van der Waals surface area contributed by atoms with Crippen molar-refractivity contribution >= 4 is 11.6 Å². The van der Waals surface area contributed by atoms with Crippen LogP contribution in [0.15, 0.2) is 76.3 Å². The second kappa shape index (κ2) is 7.07. The standard InChI is InChI=1S/C21H19N3O3/c25-18-13-7-12-17(18)22-19-14-20(26)24(16-10-5-2-6-11-16)21(27)23(19)15-8-3-1-4-9-15/h1-6,8-11,14,17,22H,7,12-13H2. The summed E-state index contributed by atoms with van der Waals surface area (Å²) < 4.78 is 2.58. The minimum absolute atomic E-state index is 0.106. The zero-order valence-corrected chi connectivity index (χ0v) is 14.7. The van der Waals surface area contributed by atoms with Crippen LogP contribution in [0.3, 0.4) is 0 Å². The average Bonchev–Trinajstić information content (AvgIpc) is 3.08. The molecule has 1 unspecified atom stereocenters. The van der Waals surface area contributed by atoms with Crippen LogP contribution in [-0.4, -0.2) is 21.0 Å². The summed E-state index contributed by atoms with van der Waals surface area (Å²) in [5.74, 6) is 0.443. The summed E-state index contributed by atoms with van der Waals surface area (Å²) in [7, 11) is 0. The Bertz CT molecular complexity index is 1090.